The van der Waals surface area contributed by atoms with Crippen molar-refractivity contribution in [1.29, 1.82) is 5.41 Å². The van der Waals surface area contributed by atoms with Crippen molar-refractivity contribution < 1.29 is 4.39 Å². The number of fused-ring (bicyclic) bond motifs is 1. The second-order valence-corrected chi connectivity index (χ2v) is 3.46. The zero-order valence-corrected chi connectivity index (χ0v) is 8.23. The molecule has 0 bridgehead atoms. The van der Waals surface area contributed by atoms with Crippen LogP contribution in [0.4, 0.5) is 4.39 Å². The van der Waals surface area contributed by atoms with Crippen molar-refractivity contribution in [2.75, 3.05) is 0 Å². The number of rotatable bonds is 1. The van der Waals surface area contributed by atoms with Gasteiger partial charge in [-0.05, 0) is 18.2 Å². The molecule has 0 saturated carbocycles. The lowest BCUT2D eigenvalue weighted by atomic mass is 10.1. The van der Waals surface area contributed by atoms with Crippen LogP contribution in [-0.4, -0.2) is 11.2 Å². The molecule has 2 N–H and O–H groups in total. The van der Waals surface area contributed by atoms with Crippen molar-refractivity contribution in [1.82, 2.24) is 4.98 Å². The third kappa shape index (κ3) is 1.64. The summed E-state index contributed by atoms with van der Waals surface area (Å²) in [5.74, 6) is -0.581. The van der Waals surface area contributed by atoms with Crippen LogP contribution in [0.2, 0.25) is 5.02 Å². The van der Waals surface area contributed by atoms with Crippen molar-refractivity contribution in [2.45, 2.75) is 0 Å². The summed E-state index contributed by atoms with van der Waals surface area (Å²) < 4.78 is 13.1. The van der Waals surface area contributed by atoms with Gasteiger partial charge >= 0.3 is 0 Å². The second-order valence-electron chi connectivity index (χ2n) is 3.05. The molecule has 1 aromatic carbocycles. The van der Waals surface area contributed by atoms with Crippen LogP contribution < -0.4 is 5.56 Å². The topological polar surface area (TPSA) is 56.7 Å². The molecule has 0 amide bonds. The highest BCUT2D eigenvalue weighted by atomic mass is 35.5. The minimum Gasteiger partial charge on any atom is -0.321 e. The fourth-order valence-corrected chi connectivity index (χ4v) is 1.50. The van der Waals surface area contributed by atoms with Gasteiger partial charge in [0.1, 0.15) is 5.82 Å². The van der Waals surface area contributed by atoms with E-state index < -0.39 is 11.4 Å². The molecule has 0 aliphatic carbocycles. The summed E-state index contributed by atoms with van der Waals surface area (Å²) in [7, 11) is 0. The van der Waals surface area contributed by atoms with Gasteiger partial charge < -0.3 is 10.4 Å². The average molecular weight is 225 g/mol. The van der Waals surface area contributed by atoms with Gasteiger partial charge in [0, 0.05) is 11.6 Å². The van der Waals surface area contributed by atoms with E-state index in [-0.39, 0.29) is 10.6 Å². The third-order valence-electron chi connectivity index (χ3n) is 2.07. The smallest absolute Gasteiger partial charge is 0.257 e. The predicted molar refractivity (Wildman–Crippen MR) is 57.4 cm³/mol. The number of H-pyrrole nitrogens is 1. The Labute approximate surface area is 89.0 Å². The summed E-state index contributed by atoms with van der Waals surface area (Å²) in [4.78, 5) is 13.8. The number of benzene rings is 1. The molecule has 0 unspecified atom stereocenters. The molecular formula is C10H6ClFN2O. The Bertz CT molecular complexity index is 606. The molecule has 1 heterocycles. The molecule has 15 heavy (non-hydrogen) atoms. The number of halogens is 2. The van der Waals surface area contributed by atoms with Crippen molar-refractivity contribution in [3.63, 3.8) is 0 Å². The van der Waals surface area contributed by atoms with Crippen LogP contribution in [0, 0.1) is 11.2 Å². The van der Waals surface area contributed by atoms with Gasteiger partial charge in [0.25, 0.3) is 5.56 Å². The highest BCUT2D eigenvalue weighted by molar-refractivity contribution is 6.31. The van der Waals surface area contributed by atoms with Crippen LogP contribution in [0.1, 0.15) is 5.56 Å². The van der Waals surface area contributed by atoms with Gasteiger partial charge in [0.05, 0.1) is 16.1 Å². The maximum Gasteiger partial charge on any atom is 0.257 e. The first-order valence-electron chi connectivity index (χ1n) is 4.14. The minimum atomic E-state index is -0.581. The van der Waals surface area contributed by atoms with Crippen LogP contribution in [0.5, 0.6) is 0 Å². The van der Waals surface area contributed by atoms with Crippen LogP contribution >= 0.6 is 11.6 Å². The van der Waals surface area contributed by atoms with E-state index in [4.69, 9.17) is 17.0 Å². The highest BCUT2D eigenvalue weighted by Crippen LogP contribution is 2.20. The number of nitrogens with one attached hydrogen (secondary N) is 2. The van der Waals surface area contributed by atoms with Crippen LogP contribution in [0.25, 0.3) is 10.9 Å². The van der Waals surface area contributed by atoms with E-state index in [9.17, 15) is 9.18 Å². The van der Waals surface area contributed by atoms with Crippen LogP contribution in [0.15, 0.2) is 23.0 Å². The minimum absolute atomic E-state index is 0.00882. The first kappa shape index (κ1) is 9.86. The molecule has 0 saturated heterocycles. The Morgan fingerprint density at radius 2 is 2.13 bits per heavy atom. The van der Waals surface area contributed by atoms with E-state index in [0.717, 1.165) is 12.3 Å². The lowest BCUT2D eigenvalue weighted by molar-refractivity contribution is 0.630. The summed E-state index contributed by atoms with van der Waals surface area (Å²) >= 11 is 5.60. The van der Waals surface area contributed by atoms with Gasteiger partial charge in [-0.1, -0.05) is 11.6 Å². The molecule has 2 aromatic rings. The number of pyridine rings is 1. The van der Waals surface area contributed by atoms with Crippen molar-refractivity contribution in [3.05, 3.63) is 45.0 Å². The van der Waals surface area contributed by atoms with Gasteiger partial charge in [-0.2, -0.15) is 0 Å². The van der Waals surface area contributed by atoms with Gasteiger partial charge in [-0.25, -0.2) is 4.39 Å². The molecule has 0 aliphatic heterocycles. The Kier molecular flexibility index (Phi) is 2.28. The number of aromatic amines is 1. The van der Waals surface area contributed by atoms with Gasteiger partial charge in [-0.3, -0.25) is 4.79 Å². The van der Waals surface area contributed by atoms with Gasteiger partial charge in [0.15, 0.2) is 0 Å². The van der Waals surface area contributed by atoms with E-state index in [1.165, 1.54) is 12.1 Å². The molecule has 1 aromatic heterocycles. The Morgan fingerprint density at radius 3 is 2.80 bits per heavy atom. The zero-order chi connectivity index (χ0) is 11.0. The number of hydrogen-bond acceptors (Lipinski definition) is 2. The first-order chi connectivity index (χ1) is 7.11. The summed E-state index contributed by atoms with van der Waals surface area (Å²) in [5.41, 5.74) is 0.164. The summed E-state index contributed by atoms with van der Waals surface area (Å²) in [5, 5.41) is 7.59. The van der Waals surface area contributed by atoms with E-state index >= 15 is 0 Å². The Hall–Kier alpha value is -1.68. The molecule has 2 rings (SSSR count). The third-order valence-corrected chi connectivity index (χ3v) is 2.36. The monoisotopic (exact) mass is 224 g/mol. The molecule has 5 heteroatoms. The average Bonchev–Trinajstić information content (AvgIpc) is 2.20. The lowest BCUT2D eigenvalue weighted by Gasteiger charge is -2.01. The van der Waals surface area contributed by atoms with E-state index in [1.807, 2.05) is 0 Å². The fraction of sp³-hybridized carbons (Fsp3) is 0. The Morgan fingerprint density at radius 1 is 1.40 bits per heavy atom. The largest absolute Gasteiger partial charge is 0.321 e. The highest BCUT2D eigenvalue weighted by Gasteiger charge is 2.05. The standard InChI is InChI=1S/C10H6ClFN2O/c11-7-2-5-1-6(4-13)10(15)14-9(5)3-8(7)12/h1-4,13H,(H,14,15). The molecular weight excluding hydrogens is 219 g/mol. The fourth-order valence-electron chi connectivity index (χ4n) is 1.32. The summed E-state index contributed by atoms with van der Waals surface area (Å²) in [6.07, 6.45) is 0.940. The summed E-state index contributed by atoms with van der Waals surface area (Å²) in [6, 6.07) is 4.06. The second kappa shape index (κ2) is 3.47. The summed E-state index contributed by atoms with van der Waals surface area (Å²) in [6.45, 7) is 0. The lowest BCUT2D eigenvalue weighted by Crippen LogP contribution is -2.11. The SMILES string of the molecule is N=Cc1cc2cc(Cl)c(F)cc2[nH]c1=O. The number of hydrogen-bond donors (Lipinski definition) is 2. The molecule has 0 radical (unpaired) electrons. The van der Waals surface area contributed by atoms with Crippen molar-refractivity contribution >= 4 is 28.7 Å². The van der Waals surface area contributed by atoms with E-state index in [2.05, 4.69) is 4.98 Å². The molecule has 3 nitrogen and oxygen atoms in total. The van der Waals surface area contributed by atoms with Crippen molar-refractivity contribution in [2.24, 2.45) is 0 Å². The normalized spacial score (nSPS) is 10.5. The molecule has 0 spiro atoms. The quantitative estimate of drug-likeness (QED) is 0.718. The first-order valence-corrected chi connectivity index (χ1v) is 4.52. The zero-order valence-electron chi connectivity index (χ0n) is 7.47. The molecule has 0 aliphatic rings. The van der Waals surface area contributed by atoms with Crippen molar-refractivity contribution in [3.8, 4) is 0 Å². The maximum atomic E-state index is 13.1. The molecule has 0 fully saturated rings. The van der Waals surface area contributed by atoms with Crippen LogP contribution in [-0.2, 0) is 0 Å². The predicted octanol–water partition coefficient (Wildman–Crippen LogP) is 2.32. The Balaban J connectivity index is 2.88. The van der Waals surface area contributed by atoms with E-state index in [0.29, 0.717) is 10.9 Å². The number of aromatic nitrogens is 1. The van der Waals surface area contributed by atoms with E-state index in [1.54, 1.807) is 0 Å². The molecule has 0 atom stereocenters. The van der Waals surface area contributed by atoms with Crippen LogP contribution in [0.3, 0.4) is 0 Å². The van der Waals surface area contributed by atoms with Gasteiger partial charge in [-0.15, -0.1) is 0 Å². The molecule has 76 valence electrons. The maximum absolute atomic E-state index is 13.1. The van der Waals surface area contributed by atoms with Gasteiger partial charge in [0.2, 0.25) is 0 Å².